The molecule has 1 heterocycles. The number of hydrogen-bond donors (Lipinski definition) is 1. The lowest BCUT2D eigenvalue weighted by atomic mass is 9.96. The Bertz CT molecular complexity index is 685. The first kappa shape index (κ1) is 13.1. The molecule has 0 atom stereocenters. The van der Waals surface area contributed by atoms with Crippen molar-refractivity contribution in [2.45, 2.75) is 45.4 Å². The average molecular weight is 269 g/mol. The van der Waals surface area contributed by atoms with Crippen LogP contribution in [-0.2, 0) is 0 Å². The van der Waals surface area contributed by atoms with Gasteiger partial charge in [0.25, 0.3) is 0 Å². The van der Waals surface area contributed by atoms with Gasteiger partial charge in [-0.05, 0) is 49.9 Å². The van der Waals surface area contributed by atoms with Crippen LogP contribution in [0.25, 0.3) is 10.9 Å². The van der Waals surface area contributed by atoms with Crippen molar-refractivity contribution in [3.8, 4) is 0 Å². The first-order valence-electron chi connectivity index (χ1n) is 7.21. The molecule has 0 radical (unpaired) electrons. The number of carbonyl (C=O) groups is 1. The highest BCUT2D eigenvalue weighted by atomic mass is 16.4. The van der Waals surface area contributed by atoms with Gasteiger partial charge in [-0.15, -0.1) is 0 Å². The molecular formula is C17H19NO2. The zero-order valence-corrected chi connectivity index (χ0v) is 11.9. The number of aromatic nitrogens is 1. The Morgan fingerprint density at radius 1 is 1.20 bits per heavy atom. The van der Waals surface area contributed by atoms with Crippen LogP contribution in [0.3, 0.4) is 0 Å². The van der Waals surface area contributed by atoms with Crippen LogP contribution in [0.5, 0.6) is 0 Å². The summed E-state index contributed by atoms with van der Waals surface area (Å²) in [4.78, 5) is 16.4. The second kappa shape index (κ2) is 4.89. The van der Waals surface area contributed by atoms with Gasteiger partial charge in [-0.3, -0.25) is 4.98 Å². The molecule has 1 aromatic heterocycles. The molecule has 3 rings (SSSR count). The first-order chi connectivity index (χ1) is 9.56. The van der Waals surface area contributed by atoms with Gasteiger partial charge in [0.2, 0.25) is 0 Å². The summed E-state index contributed by atoms with van der Waals surface area (Å²) in [6.45, 7) is 3.98. The summed E-state index contributed by atoms with van der Waals surface area (Å²) in [6, 6.07) is 5.81. The predicted molar refractivity (Wildman–Crippen MR) is 79.4 cm³/mol. The Hall–Kier alpha value is -1.90. The number of aromatic carboxylic acids is 1. The smallest absolute Gasteiger partial charge is 0.336 e. The standard InChI is InChI=1S/C17H19NO2/c1-10-7-11(2)16-13(17(19)20)9-14(18-15(16)8-10)12-5-3-4-6-12/h7-9,12H,3-6H2,1-2H3,(H,19,20). The molecule has 2 aromatic rings. The van der Waals surface area contributed by atoms with E-state index in [1.165, 1.54) is 12.8 Å². The molecule has 3 nitrogen and oxygen atoms in total. The second-order valence-corrected chi connectivity index (χ2v) is 5.86. The van der Waals surface area contributed by atoms with E-state index < -0.39 is 5.97 Å². The van der Waals surface area contributed by atoms with Gasteiger partial charge >= 0.3 is 5.97 Å². The van der Waals surface area contributed by atoms with Crippen LogP contribution in [-0.4, -0.2) is 16.1 Å². The Morgan fingerprint density at radius 2 is 1.90 bits per heavy atom. The van der Waals surface area contributed by atoms with Crippen molar-refractivity contribution >= 4 is 16.9 Å². The normalized spacial score (nSPS) is 15.9. The molecule has 1 fully saturated rings. The van der Waals surface area contributed by atoms with Crippen LogP contribution in [0.1, 0.15) is 58.8 Å². The molecule has 0 unspecified atom stereocenters. The molecule has 104 valence electrons. The summed E-state index contributed by atoms with van der Waals surface area (Å²) in [7, 11) is 0. The number of carboxylic acid groups (broad SMARTS) is 1. The quantitative estimate of drug-likeness (QED) is 0.888. The highest BCUT2D eigenvalue weighted by Crippen LogP contribution is 2.35. The first-order valence-corrected chi connectivity index (χ1v) is 7.21. The molecule has 1 aliphatic rings. The van der Waals surface area contributed by atoms with Crippen molar-refractivity contribution in [2.24, 2.45) is 0 Å². The number of hydrogen-bond acceptors (Lipinski definition) is 2. The molecule has 0 bridgehead atoms. The molecule has 1 saturated carbocycles. The maximum atomic E-state index is 11.6. The molecule has 0 saturated heterocycles. The second-order valence-electron chi connectivity index (χ2n) is 5.86. The maximum absolute atomic E-state index is 11.6. The van der Waals surface area contributed by atoms with Gasteiger partial charge in [-0.25, -0.2) is 4.79 Å². The van der Waals surface area contributed by atoms with E-state index in [0.717, 1.165) is 40.6 Å². The minimum Gasteiger partial charge on any atom is -0.478 e. The molecular weight excluding hydrogens is 250 g/mol. The van der Waals surface area contributed by atoms with Gasteiger partial charge in [-0.1, -0.05) is 18.9 Å². The summed E-state index contributed by atoms with van der Waals surface area (Å²) in [5.41, 5.74) is 4.29. The molecule has 0 aliphatic heterocycles. The van der Waals surface area contributed by atoms with E-state index in [2.05, 4.69) is 0 Å². The fourth-order valence-corrected chi connectivity index (χ4v) is 3.37. The number of fused-ring (bicyclic) bond motifs is 1. The summed E-state index contributed by atoms with van der Waals surface area (Å²) >= 11 is 0. The lowest BCUT2D eigenvalue weighted by Gasteiger charge is -2.13. The minimum absolute atomic E-state index is 0.398. The van der Waals surface area contributed by atoms with Crippen molar-refractivity contribution in [3.05, 3.63) is 40.6 Å². The van der Waals surface area contributed by atoms with Gasteiger partial charge in [0.05, 0.1) is 11.1 Å². The van der Waals surface area contributed by atoms with Crippen molar-refractivity contribution in [3.63, 3.8) is 0 Å². The third-order valence-electron chi connectivity index (χ3n) is 4.27. The number of nitrogens with zero attached hydrogens (tertiary/aromatic N) is 1. The Morgan fingerprint density at radius 3 is 2.55 bits per heavy atom. The minimum atomic E-state index is -0.858. The van der Waals surface area contributed by atoms with E-state index in [-0.39, 0.29) is 0 Å². The van der Waals surface area contributed by atoms with E-state index in [1.54, 1.807) is 6.07 Å². The summed E-state index contributed by atoms with van der Waals surface area (Å²) < 4.78 is 0. The zero-order valence-electron chi connectivity index (χ0n) is 11.9. The summed E-state index contributed by atoms with van der Waals surface area (Å²) in [5, 5.41) is 10.3. The van der Waals surface area contributed by atoms with Crippen LogP contribution >= 0.6 is 0 Å². The molecule has 3 heteroatoms. The summed E-state index contributed by atoms with van der Waals surface area (Å²) in [6.07, 6.45) is 4.70. The lowest BCUT2D eigenvalue weighted by Crippen LogP contribution is -2.05. The van der Waals surface area contributed by atoms with E-state index in [4.69, 9.17) is 4.98 Å². The van der Waals surface area contributed by atoms with Crippen LogP contribution in [0.15, 0.2) is 18.2 Å². The molecule has 0 spiro atoms. The van der Waals surface area contributed by atoms with Crippen LogP contribution in [0.2, 0.25) is 0 Å². The van der Waals surface area contributed by atoms with Crippen LogP contribution in [0.4, 0.5) is 0 Å². The fraction of sp³-hybridized carbons (Fsp3) is 0.412. The molecule has 0 amide bonds. The predicted octanol–water partition coefficient (Wildman–Crippen LogP) is 4.21. The zero-order chi connectivity index (χ0) is 14.3. The van der Waals surface area contributed by atoms with Crippen molar-refractivity contribution in [1.82, 2.24) is 4.98 Å². The number of pyridine rings is 1. The third-order valence-corrected chi connectivity index (χ3v) is 4.27. The number of benzene rings is 1. The lowest BCUT2D eigenvalue weighted by molar-refractivity contribution is 0.0698. The SMILES string of the molecule is Cc1cc(C)c2c(C(=O)O)cc(C3CCCC3)nc2c1. The molecule has 1 aromatic carbocycles. The Balaban J connectivity index is 2.27. The largest absolute Gasteiger partial charge is 0.478 e. The van der Waals surface area contributed by atoms with E-state index in [9.17, 15) is 9.90 Å². The topological polar surface area (TPSA) is 50.2 Å². The summed E-state index contributed by atoms with van der Waals surface area (Å²) in [5.74, 6) is -0.429. The Kier molecular flexibility index (Phi) is 3.20. The van der Waals surface area contributed by atoms with Crippen molar-refractivity contribution in [2.75, 3.05) is 0 Å². The average Bonchev–Trinajstić information content (AvgIpc) is 2.90. The monoisotopic (exact) mass is 269 g/mol. The van der Waals surface area contributed by atoms with E-state index >= 15 is 0 Å². The van der Waals surface area contributed by atoms with Crippen molar-refractivity contribution in [1.29, 1.82) is 0 Å². The van der Waals surface area contributed by atoms with Gasteiger partial charge in [0.1, 0.15) is 0 Å². The molecule has 20 heavy (non-hydrogen) atoms. The van der Waals surface area contributed by atoms with Gasteiger partial charge in [0, 0.05) is 17.0 Å². The third kappa shape index (κ3) is 2.17. The van der Waals surface area contributed by atoms with Gasteiger partial charge < -0.3 is 5.11 Å². The van der Waals surface area contributed by atoms with Gasteiger partial charge in [0.15, 0.2) is 0 Å². The van der Waals surface area contributed by atoms with E-state index in [1.807, 2.05) is 26.0 Å². The maximum Gasteiger partial charge on any atom is 0.336 e. The fourth-order valence-electron chi connectivity index (χ4n) is 3.37. The van der Waals surface area contributed by atoms with Crippen LogP contribution in [0, 0.1) is 13.8 Å². The number of carboxylic acids is 1. The van der Waals surface area contributed by atoms with Crippen LogP contribution < -0.4 is 0 Å². The van der Waals surface area contributed by atoms with Crippen molar-refractivity contribution < 1.29 is 9.90 Å². The Labute approximate surface area is 118 Å². The highest BCUT2D eigenvalue weighted by molar-refractivity contribution is 6.04. The molecule has 1 aliphatic carbocycles. The number of rotatable bonds is 2. The van der Waals surface area contributed by atoms with Gasteiger partial charge in [-0.2, -0.15) is 0 Å². The van der Waals surface area contributed by atoms with E-state index in [0.29, 0.717) is 11.5 Å². The number of aryl methyl sites for hydroxylation is 2. The highest BCUT2D eigenvalue weighted by Gasteiger charge is 2.22. The molecule has 1 N–H and O–H groups in total.